The number of nitrogens with one attached hydrogen (secondary N) is 1. The largest absolute Gasteiger partial charge is 0.459 e. The van der Waals surface area contributed by atoms with E-state index in [0.29, 0.717) is 37.5 Å². The van der Waals surface area contributed by atoms with Gasteiger partial charge in [-0.25, -0.2) is 0 Å². The SMILES string of the molecule is O=C(NC(CC(=O)N1CCN(C(=O)c2ccco2)CC1)c1ccccc1)c1ccccc1. The van der Waals surface area contributed by atoms with Crippen LogP contribution < -0.4 is 5.32 Å². The molecule has 2 aromatic carbocycles. The van der Waals surface area contributed by atoms with E-state index in [1.54, 1.807) is 46.2 Å². The molecule has 3 amide bonds. The Morgan fingerprint density at radius 2 is 1.44 bits per heavy atom. The fourth-order valence-electron chi connectivity index (χ4n) is 3.79. The van der Waals surface area contributed by atoms with E-state index in [1.165, 1.54) is 6.26 Å². The van der Waals surface area contributed by atoms with E-state index in [2.05, 4.69) is 5.32 Å². The summed E-state index contributed by atoms with van der Waals surface area (Å²) in [5.41, 5.74) is 1.42. The van der Waals surface area contributed by atoms with Crippen LogP contribution in [0.25, 0.3) is 0 Å². The minimum atomic E-state index is -0.445. The Labute approximate surface area is 186 Å². The highest BCUT2D eigenvalue weighted by atomic mass is 16.3. The molecule has 1 aromatic heterocycles. The van der Waals surface area contributed by atoms with E-state index in [-0.39, 0.29) is 24.1 Å². The second kappa shape index (κ2) is 9.96. The first-order valence-corrected chi connectivity index (χ1v) is 10.6. The molecule has 32 heavy (non-hydrogen) atoms. The second-order valence-electron chi connectivity index (χ2n) is 7.66. The first kappa shape index (κ1) is 21.4. The Morgan fingerprint density at radius 3 is 2.06 bits per heavy atom. The van der Waals surface area contributed by atoms with E-state index in [9.17, 15) is 14.4 Å². The number of carbonyl (C=O) groups is 3. The number of hydrogen-bond acceptors (Lipinski definition) is 4. The predicted octanol–water partition coefficient (Wildman–Crippen LogP) is 3.13. The molecule has 1 unspecified atom stereocenters. The van der Waals surface area contributed by atoms with Crippen molar-refractivity contribution in [3.8, 4) is 0 Å². The number of rotatable bonds is 6. The molecule has 1 saturated heterocycles. The number of nitrogens with zero attached hydrogens (tertiary/aromatic N) is 2. The fourth-order valence-corrected chi connectivity index (χ4v) is 3.79. The Bertz CT molecular complexity index is 1040. The average Bonchev–Trinajstić information content (AvgIpc) is 3.39. The van der Waals surface area contributed by atoms with Gasteiger partial charge in [0, 0.05) is 31.7 Å². The van der Waals surface area contributed by atoms with Gasteiger partial charge in [0.1, 0.15) is 0 Å². The van der Waals surface area contributed by atoms with Crippen LogP contribution in [0.15, 0.2) is 83.5 Å². The third-order valence-corrected chi connectivity index (χ3v) is 5.57. The molecule has 1 fully saturated rings. The maximum atomic E-state index is 13.1. The monoisotopic (exact) mass is 431 g/mol. The van der Waals surface area contributed by atoms with Crippen LogP contribution in [0.4, 0.5) is 0 Å². The Morgan fingerprint density at radius 1 is 0.812 bits per heavy atom. The minimum Gasteiger partial charge on any atom is -0.459 e. The van der Waals surface area contributed by atoms with Crippen LogP contribution in [0.1, 0.15) is 38.9 Å². The van der Waals surface area contributed by atoms with E-state index >= 15 is 0 Å². The van der Waals surface area contributed by atoms with Gasteiger partial charge in [0.2, 0.25) is 5.91 Å². The number of carbonyl (C=O) groups excluding carboxylic acids is 3. The molecule has 1 aliphatic heterocycles. The van der Waals surface area contributed by atoms with Gasteiger partial charge in [0.25, 0.3) is 11.8 Å². The van der Waals surface area contributed by atoms with Crippen LogP contribution in [0.3, 0.4) is 0 Å². The van der Waals surface area contributed by atoms with E-state index in [0.717, 1.165) is 5.56 Å². The van der Waals surface area contributed by atoms with Crippen LogP contribution in [-0.2, 0) is 4.79 Å². The van der Waals surface area contributed by atoms with Crippen LogP contribution in [-0.4, -0.2) is 53.7 Å². The van der Waals surface area contributed by atoms with Crippen molar-refractivity contribution in [2.75, 3.05) is 26.2 Å². The molecule has 3 aromatic rings. The molecule has 1 N–H and O–H groups in total. The van der Waals surface area contributed by atoms with Crippen molar-refractivity contribution in [2.45, 2.75) is 12.5 Å². The second-order valence-corrected chi connectivity index (χ2v) is 7.66. The molecular formula is C25H25N3O4. The molecule has 7 heteroatoms. The van der Waals surface area contributed by atoms with Gasteiger partial charge in [-0.15, -0.1) is 0 Å². The summed E-state index contributed by atoms with van der Waals surface area (Å²) in [6.07, 6.45) is 1.62. The molecule has 0 bridgehead atoms. The van der Waals surface area contributed by atoms with Crippen LogP contribution in [0.2, 0.25) is 0 Å². The van der Waals surface area contributed by atoms with Gasteiger partial charge in [-0.3, -0.25) is 14.4 Å². The summed E-state index contributed by atoms with van der Waals surface area (Å²) in [6, 6.07) is 21.3. The highest BCUT2D eigenvalue weighted by Gasteiger charge is 2.28. The zero-order valence-corrected chi connectivity index (χ0v) is 17.6. The molecule has 2 heterocycles. The molecule has 7 nitrogen and oxygen atoms in total. The summed E-state index contributed by atoms with van der Waals surface area (Å²) in [7, 11) is 0. The van der Waals surface area contributed by atoms with Crippen LogP contribution in [0.5, 0.6) is 0 Å². The molecule has 164 valence electrons. The van der Waals surface area contributed by atoms with Gasteiger partial charge in [-0.2, -0.15) is 0 Å². The van der Waals surface area contributed by atoms with Crippen molar-refractivity contribution in [2.24, 2.45) is 0 Å². The lowest BCUT2D eigenvalue weighted by atomic mass is 10.0. The maximum absolute atomic E-state index is 13.1. The molecule has 0 radical (unpaired) electrons. The van der Waals surface area contributed by atoms with Gasteiger partial charge in [-0.05, 0) is 29.8 Å². The van der Waals surface area contributed by atoms with Gasteiger partial charge in [-0.1, -0.05) is 48.5 Å². The van der Waals surface area contributed by atoms with Crippen LogP contribution in [0, 0.1) is 0 Å². The van der Waals surface area contributed by atoms with Crippen molar-refractivity contribution in [3.63, 3.8) is 0 Å². The molecule has 0 spiro atoms. The number of hydrogen-bond donors (Lipinski definition) is 1. The zero-order valence-electron chi connectivity index (χ0n) is 17.6. The molecule has 0 aliphatic carbocycles. The zero-order chi connectivity index (χ0) is 22.3. The number of benzene rings is 2. The maximum Gasteiger partial charge on any atom is 0.289 e. The molecule has 0 saturated carbocycles. The molecule has 1 atom stereocenters. The third kappa shape index (κ3) is 5.06. The topological polar surface area (TPSA) is 82.9 Å². The lowest BCUT2D eigenvalue weighted by Crippen LogP contribution is -2.51. The average molecular weight is 431 g/mol. The van der Waals surface area contributed by atoms with Crippen molar-refractivity contribution in [1.29, 1.82) is 0 Å². The quantitative estimate of drug-likeness (QED) is 0.650. The van der Waals surface area contributed by atoms with Gasteiger partial charge in [0.15, 0.2) is 5.76 Å². The van der Waals surface area contributed by atoms with Gasteiger partial charge in [0.05, 0.1) is 18.7 Å². The lowest BCUT2D eigenvalue weighted by molar-refractivity contribution is -0.133. The summed E-state index contributed by atoms with van der Waals surface area (Å²) in [6.45, 7) is 1.77. The van der Waals surface area contributed by atoms with Crippen molar-refractivity contribution in [3.05, 3.63) is 95.9 Å². The van der Waals surface area contributed by atoms with E-state index in [1.807, 2.05) is 36.4 Å². The minimum absolute atomic E-state index is 0.0580. The number of furan rings is 1. The third-order valence-electron chi connectivity index (χ3n) is 5.57. The van der Waals surface area contributed by atoms with E-state index < -0.39 is 6.04 Å². The van der Waals surface area contributed by atoms with Crippen molar-refractivity contribution in [1.82, 2.24) is 15.1 Å². The highest BCUT2D eigenvalue weighted by molar-refractivity contribution is 5.95. The highest BCUT2D eigenvalue weighted by Crippen LogP contribution is 2.20. The van der Waals surface area contributed by atoms with Crippen molar-refractivity contribution < 1.29 is 18.8 Å². The summed E-state index contributed by atoms with van der Waals surface area (Å²) in [5, 5.41) is 3.00. The van der Waals surface area contributed by atoms with Crippen molar-refractivity contribution >= 4 is 17.7 Å². The standard InChI is InChI=1S/C25H25N3O4/c29-23(27-13-15-28(16-14-27)25(31)22-12-7-17-32-22)18-21(19-8-3-1-4-9-19)26-24(30)20-10-5-2-6-11-20/h1-12,17,21H,13-16,18H2,(H,26,30). The Kier molecular flexibility index (Phi) is 6.65. The smallest absolute Gasteiger partial charge is 0.289 e. The van der Waals surface area contributed by atoms with Gasteiger partial charge >= 0.3 is 0 Å². The predicted molar refractivity (Wildman–Crippen MR) is 119 cm³/mol. The van der Waals surface area contributed by atoms with E-state index in [4.69, 9.17) is 4.42 Å². The van der Waals surface area contributed by atoms with Gasteiger partial charge < -0.3 is 19.5 Å². The first-order valence-electron chi connectivity index (χ1n) is 10.6. The Balaban J connectivity index is 1.39. The first-order chi connectivity index (χ1) is 15.6. The lowest BCUT2D eigenvalue weighted by Gasteiger charge is -2.35. The summed E-state index contributed by atoms with van der Waals surface area (Å²) < 4.78 is 5.19. The molecular weight excluding hydrogens is 406 g/mol. The fraction of sp³-hybridized carbons (Fsp3) is 0.240. The summed E-state index contributed by atoms with van der Waals surface area (Å²) in [5.74, 6) is -0.143. The summed E-state index contributed by atoms with van der Waals surface area (Å²) >= 11 is 0. The normalized spacial score (nSPS) is 14.6. The molecule has 1 aliphatic rings. The van der Waals surface area contributed by atoms with Crippen LogP contribution >= 0.6 is 0 Å². The summed E-state index contributed by atoms with van der Waals surface area (Å²) in [4.78, 5) is 41.7. The number of amides is 3. The Hall–Kier alpha value is -3.87. The number of piperazine rings is 1. The molecule has 4 rings (SSSR count).